The van der Waals surface area contributed by atoms with E-state index < -0.39 is 19.2 Å². The molecule has 10 heteroatoms. The summed E-state index contributed by atoms with van der Waals surface area (Å²) in [6.07, 6.45) is 5.61. The van der Waals surface area contributed by atoms with Gasteiger partial charge in [-0.2, -0.15) is 10.2 Å². The molecule has 2 aromatic heterocycles. The van der Waals surface area contributed by atoms with Crippen molar-refractivity contribution in [2.75, 3.05) is 19.4 Å². The Morgan fingerprint density at radius 1 is 0.825 bits per heavy atom. The second-order valence-corrected chi connectivity index (χ2v) is 11.6. The lowest BCUT2D eigenvalue weighted by molar-refractivity contribution is 0.201. The van der Waals surface area contributed by atoms with Crippen molar-refractivity contribution in [1.82, 2.24) is 29.5 Å². The summed E-state index contributed by atoms with van der Waals surface area (Å²) >= 11 is 0. The zero-order valence-corrected chi connectivity index (χ0v) is 23.5. The minimum absolute atomic E-state index is 0.186. The highest BCUT2D eigenvalue weighted by Crippen LogP contribution is 2.48. The molecule has 2 atom stereocenters. The monoisotopic (exact) mass is 556 g/mol. The smallest absolute Gasteiger partial charge is 0.309 e. The first-order valence-corrected chi connectivity index (χ1v) is 15.1. The van der Waals surface area contributed by atoms with Gasteiger partial charge in [0.15, 0.2) is 5.82 Å². The summed E-state index contributed by atoms with van der Waals surface area (Å²) in [6, 6.07) is 30.5. The first-order valence-electron chi connectivity index (χ1n) is 13.4. The van der Waals surface area contributed by atoms with Crippen molar-refractivity contribution in [3.8, 4) is 0 Å². The number of aromatic nitrogens is 6. The normalized spacial score (nSPS) is 14.1. The van der Waals surface area contributed by atoms with E-state index in [0.717, 1.165) is 16.7 Å². The molecule has 2 unspecified atom stereocenters. The Balaban J connectivity index is 1.60. The molecule has 0 saturated heterocycles. The number of rotatable bonds is 13. The third-order valence-electron chi connectivity index (χ3n) is 6.87. The molecular weight excluding hydrogens is 523 g/mol. The van der Waals surface area contributed by atoms with E-state index in [1.807, 2.05) is 59.3 Å². The van der Waals surface area contributed by atoms with Gasteiger partial charge in [0.1, 0.15) is 30.6 Å². The Morgan fingerprint density at radius 3 is 1.88 bits per heavy atom. The molecule has 0 aliphatic heterocycles. The maximum absolute atomic E-state index is 12.9. The van der Waals surface area contributed by atoms with Gasteiger partial charge in [0.05, 0.1) is 13.2 Å². The van der Waals surface area contributed by atoms with Crippen LogP contribution in [0.25, 0.3) is 0 Å². The molecule has 0 N–H and O–H groups in total. The van der Waals surface area contributed by atoms with Crippen LogP contribution < -0.4 is 0 Å². The van der Waals surface area contributed by atoms with E-state index in [0.29, 0.717) is 25.0 Å². The van der Waals surface area contributed by atoms with Gasteiger partial charge in [-0.1, -0.05) is 97.9 Å². The van der Waals surface area contributed by atoms with E-state index in [-0.39, 0.29) is 6.61 Å². The van der Waals surface area contributed by atoms with Gasteiger partial charge in [-0.05, 0) is 23.6 Å². The van der Waals surface area contributed by atoms with Crippen molar-refractivity contribution < 1.29 is 13.6 Å². The van der Waals surface area contributed by atoms with Gasteiger partial charge in [-0.3, -0.25) is 4.57 Å². The zero-order chi connectivity index (χ0) is 27.8. The molecule has 5 rings (SSSR count). The Bertz CT molecular complexity index is 1410. The summed E-state index contributed by atoms with van der Waals surface area (Å²) in [5.41, 5.74) is 2.35. The Morgan fingerprint density at radius 2 is 1.40 bits per heavy atom. The molecular formula is C30H33N6O3P. The SMILES string of the molecule is CCOP(=O)(CC)OCCC(c1ncn(C(c2ccccc2)(c2ccccc2)c2ccccc2)n1)n1cncn1. The molecule has 40 heavy (non-hydrogen) atoms. The van der Waals surface area contributed by atoms with Crippen LogP contribution in [0.5, 0.6) is 0 Å². The van der Waals surface area contributed by atoms with Crippen LogP contribution in [0.1, 0.15) is 48.8 Å². The van der Waals surface area contributed by atoms with E-state index in [1.165, 1.54) is 6.33 Å². The lowest BCUT2D eigenvalue weighted by Gasteiger charge is -2.36. The highest BCUT2D eigenvalue weighted by atomic mass is 31.2. The highest BCUT2D eigenvalue weighted by Gasteiger charge is 2.40. The molecule has 0 amide bonds. The van der Waals surface area contributed by atoms with Gasteiger partial charge in [0, 0.05) is 12.6 Å². The predicted octanol–water partition coefficient (Wildman–Crippen LogP) is 5.96. The van der Waals surface area contributed by atoms with Crippen LogP contribution in [0.4, 0.5) is 0 Å². The summed E-state index contributed by atoms with van der Waals surface area (Å²) < 4.78 is 27.7. The Hall–Kier alpha value is -3.91. The van der Waals surface area contributed by atoms with Crippen LogP contribution in [-0.4, -0.2) is 48.9 Å². The van der Waals surface area contributed by atoms with E-state index in [1.54, 1.807) is 31.2 Å². The molecule has 9 nitrogen and oxygen atoms in total. The molecule has 0 spiro atoms. The molecule has 0 fully saturated rings. The average molecular weight is 557 g/mol. The van der Waals surface area contributed by atoms with Crippen molar-refractivity contribution in [2.24, 2.45) is 0 Å². The maximum Gasteiger partial charge on any atom is 0.330 e. The van der Waals surface area contributed by atoms with Crippen molar-refractivity contribution in [2.45, 2.75) is 31.8 Å². The van der Waals surface area contributed by atoms with E-state index >= 15 is 0 Å². The second-order valence-electron chi connectivity index (χ2n) is 9.21. The van der Waals surface area contributed by atoms with E-state index in [4.69, 9.17) is 19.1 Å². The molecule has 0 aliphatic rings. The number of benzene rings is 3. The number of hydrogen-bond acceptors (Lipinski definition) is 7. The topological polar surface area (TPSA) is 97.0 Å². The van der Waals surface area contributed by atoms with Crippen molar-refractivity contribution in [3.63, 3.8) is 0 Å². The van der Waals surface area contributed by atoms with Crippen molar-refractivity contribution in [1.29, 1.82) is 0 Å². The summed E-state index contributed by atoms with van der Waals surface area (Å²) in [4.78, 5) is 8.93. The van der Waals surface area contributed by atoms with Gasteiger partial charge >= 0.3 is 7.60 Å². The van der Waals surface area contributed by atoms with Crippen LogP contribution in [-0.2, 0) is 19.2 Å². The highest BCUT2D eigenvalue weighted by molar-refractivity contribution is 7.53. The third-order valence-corrected chi connectivity index (χ3v) is 8.88. The minimum Gasteiger partial charge on any atom is -0.309 e. The van der Waals surface area contributed by atoms with Gasteiger partial charge in [-0.15, -0.1) is 0 Å². The molecule has 0 radical (unpaired) electrons. The zero-order valence-electron chi connectivity index (χ0n) is 22.7. The fourth-order valence-electron chi connectivity index (χ4n) is 5.00. The predicted molar refractivity (Wildman–Crippen MR) is 153 cm³/mol. The summed E-state index contributed by atoms with van der Waals surface area (Å²) in [6.45, 7) is 4.11. The van der Waals surface area contributed by atoms with Crippen LogP contribution >= 0.6 is 7.60 Å². The third kappa shape index (κ3) is 5.54. The van der Waals surface area contributed by atoms with Gasteiger partial charge in [0.25, 0.3) is 0 Å². The Labute approximate surface area is 234 Å². The van der Waals surface area contributed by atoms with E-state index in [9.17, 15) is 4.57 Å². The summed E-state index contributed by atoms with van der Waals surface area (Å²) in [7, 11) is -3.16. The lowest BCUT2D eigenvalue weighted by Crippen LogP contribution is -2.38. The molecule has 5 aromatic rings. The first kappa shape index (κ1) is 27.6. The summed E-state index contributed by atoms with van der Waals surface area (Å²) in [5, 5.41) is 9.47. The Kier molecular flexibility index (Phi) is 8.65. The van der Waals surface area contributed by atoms with Gasteiger partial charge in [0.2, 0.25) is 0 Å². The maximum atomic E-state index is 12.9. The molecule has 0 saturated carbocycles. The quantitative estimate of drug-likeness (QED) is 0.130. The van der Waals surface area contributed by atoms with Gasteiger partial charge < -0.3 is 9.05 Å². The van der Waals surface area contributed by atoms with Crippen molar-refractivity contribution >= 4 is 7.60 Å². The molecule has 0 bridgehead atoms. The second kappa shape index (κ2) is 12.5. The van der Waals surface area contributed by atoms with Crippen LogP contribution in [0, 0.1) is 0 Å². The average Bonchev–Trinajstić information content (AvgIpc) is 3.72. The van der Waals surface area contributed by atoms with Crippen LogP contribution in [0.15, 0.2) is 110 Å². The minimum atomic E-state index is -3.16. The molecule has 0 aliphatic carbocycles. The fraction of sp³-hybridized carbons (Fsp3) is 0.267. The molecule has 206 valence electrons. The summed E-state index contributed by atoms with van der Waals surface area (Å²) in [5.74, 6) is 0.545. The number of nitrogens with zero attached hydrogens (tertiary/aromatic N) is 6. The molecule has 3 aromatic carbocycles. The standard InChI is InChI=1S/C30H33N6O3P/c1-3-38-40(37,4-2)39-21-20-28(35-23-31-22-33-35)29-32-24-36(34-29)30(25-14-8-5-9-15-25,26-16-10-6-11-17-26)27-18-12-7-13-19-27/h5-19,22-24,28H,3-4,20-21H2,1-2H3. The van der Waals surface area contributed by atoms with Crippen LogP contribution in [0.3, 0.4) is 0 Å². The van der Waals surface area contributed by atoms with Crippen LogP contribution in [0.2, 0.25) is 0 Å². The van der Waals surface area contributed by atoms with E-state index in [2.05, 4.69) is 46.5 Å². The van der Waals surface area contributed by atoms with Gasteiger partial charge in [-0.25, -0.2) is 19.3 Å². The lowest BCUT2D eigenvalue weighted by atomic mass is 9.77. The fourth-order valence-corrected chi connectivity index (χ4v) is 6.22. The number of hydrogen-bond donors (Lipinski definition) is 0. The van der Waals surface area contributed by atoms with Crippen molar-refractivity contribution in [3.05, 3.63) is 132 Å². The first-order chi connectivity index (χ1) is 19.6. The largest absolute Gasteiger partial charge is 0.330 e. The molecule has 2 heterocycles.